The number of aromatic nitrogens is 3. The van der Waals surface area contributed by atoms with Gasteiger partial charge in [0, 0.05) is 23.0 Å². The fourth-order valence-electron chi connectivity index (χ4n) is 1.93. The second-order valence-electron chi connectivity index (χ2n) is 4.46. The number of hydrogen-bond acceptors (Lipinski definition) is 4. The molecular weight excluding hydrogens is 286 g/mol. The van der Waals surface area contributed by atoms with Gasteiger partial charge in [-0.1, -0.05) is 11.6 Å². The first-order chi connectivity index (χ1) is 10.2. The molecule has 0 aliphatic carbocycles. The van der Waals surface area contributed by atoms with Crippen LogP contribution in [-0.4, -0.2) is 15.0 Å². The molecule has 0 aliphatic rings. The molecule has 0 saturated carbocycles. The van der Waals surface area contributed by atoms with E-state index in [0.29, 0.717) is 22.3 Å². The molecule has 0 radical (unpaired) electrons. The van der Waals surface area contributed by atoms with Crippen molar-refractivity contribution >= 4 is 11.6 Å². The predicted molar refractivity (Wildman–Crippen MR) is 81.5 cm³/mol. The Morgan fingerprint density at radius 3 is 2.71 bits per heavy atom. The standard InChI is InChI=1S/C16H12ClN3O/c1-11-19-6-4-16(20-11)12-7-13(17)9-15(8-12)21-14-3-2-5-18-10-14/h2-10H,1H3. The monoisotopic (exact) mass is 297 g/mol. The Balaban J connectivity index is 1.97. The average molecular weight is 298 g/mol. The molecule has 0 N–H and O–H groups in total. The van der Waals surface area contributed by atoms with Gasteiger partial charge in [0.2, 0.25) is 0 Å². The number of ether oxygens (including phenoxy) is 1. The van der Waals surface area contributed by atoms with Crippen molar-refractivity contribution in [2.45, 2.75) is 6.92 Å². The first-order valence-electron chi connectivity index (χ1n) is 6.39. The van der Waals surface area contributed by atoms with Crippen LogP contribution in [0.2, 0.25) is 5.02 Å². The highest BCUT2D eigenvalue weighted by Gasteiger charge is 2.06. The Morgan fingerprint density at radius 1 is 1.05 bits per heavy atom. The third kappa shape index (κ3) is 3.35. The second kappa shape index (κ2) is 5.89. The molecule has 0 unspecified atom stereocenters. The third-order valence-corrected chi connectivity index (χ3v) is 3.03. The van der Waals surface area contributed by atoms with Crippen molar-refractivity contribution < 1.29 is 4.74 Å². The van der Waals surface area contributed by atoms with Crippen LogP contribution in [0, 0.1) is 6.92 Å². The Morgan fingerprint density at radius 2 is 1.95 bits per heavy atom. The van der Waals surface area contributed by atoms with Crippen LogP contribution in [-0.2, 0) is 0 Å². The van der Waals surface area contributed by atoms with Gasteiger partial charge in [-0.3, -0.25) is 4.98 Å². The summed E-state index contributed by atoms with van der Waals surface area (Å²) in [6, 6.07) is 11.0. The smallest absolute Gasteiger partial charge is 0.145 e. The molecule has 0 amide bonds. The van der Waals surface area contributed by atoms with E-state index in [9.17, 15) is 0 Å². The number of benzene rings is 1. The molecule has 2 aromatic heterocycles. The molecule has 4 nitrogen and oxygen atoms in total. The van der Waals surface area contributed by atoms with Crippen LogP contribution >= 0.6 is 11.6 Å². The van der Waals surface area contributed by atoms with Crippen LogP contribution in [0.1, 0.15) is 5.82 Å². The predicted octanol–water partition coefficient (Wildman–Crippen LogP) is 4.29. The molecular formula is C16H12ClN3O. The molecule has 0 saturated heterocycles. The first-order valence-corrected chi connectivity index (χ1v) is 6.77. The van der Waals surface area contributed by atoms with Crippen molar-refractivity contribution in [3.05, 3.63) is 65.8 Å². The van der Waals surface area contributed by atoms with Gasteiger partial charge < -0.3 is 4.74 Å². The maximum absolute atomic E-state index is 6.17. The van der Waals surface area contributed by atoms with Crippen molar-refractivity contribution in [2.75, 3.05) is 0 Å². The van der Waals surface area contributed by atoms with Crippen LogP contribution < -0.4 is 4.74 Å². The van der Waals surface area contributed by atoms with E-state index in [0.717, 1.165) is 11.3 Å². The molecule has 5 heteroatoms. The molecule has 21 heavy (non-hydrogen) atoms. The molecule has 3 rings (SSSR count). The van der Waals surface area contributed by atoms with Crippen LogP contribution in [0.3, 0.4) is 0 Å². The van der Waals surface area contributed by atoms with Gasteiger partial charge >= 0.3 is 0 Å². The summed E-state index contributed by atoms with van der Waals surface area (Å²) in [6.07, 6.45) is 5.07. The minimum absolute atomic E-state index is 0.586. The van der Waals surface area contributed by atoms with Gasteiger partial charge in [0.25, 0.3) is 0 Å². The maximum atomic E-state index is 6.17. The second-order valence-corrected chi connectivity index (χ2v) is 4.89. The van der Waals surface area contributed by atoms with Crippen molar-refractivity contribution in [1.29, 1.82) is 0 Å². The van der Waals surface area contributed by atoms with Crippen molar-refractivity contribution in [3.63, 3.8) is 0 Å². The van der Waals surface area contributed by atoms with Crippen molar-refractivity contribution in [3.8, 4) is 22.8 Å². The van der Waals surface area contributed by atoms with Crippen LogP contribution in [0.5, 0.6) is 11.5 Å². The fraction of sp³-hybridized carbons (Fsp3) is 0.0625. The van der Waals surface area contributed by atoms with Crippen LogP contribution in [0.25, 0.3) is 11.3 Å². The van der Waals surface area contributed by atoms with E-state index in [4.69, 9.17) is 16.3 Å². The summed E-state index contributed by atoms with van der Waals surface area (Å²) in [4.78, 5) is 12.5. The van der Waals surface area contributed by atoms with Crippen LogP contribution in [0.15, 0.2) is 55.0 Å². The maximum Gasteiger partial charge on any atom is 0.145 e. The van der Waals surface area contributed by atoms with E-state index < -0.39 is 0 Å². The Bertz CT molecular complexity index is 762. The van der Waals surface area contributed by atoms with Gasteiger partial charge in [-0.05, 0) is 43.3 Å². The SMILES string of the molecule is Cc1nccc(-c2cc(Cl)cc(Oc3cccnc3)c2)n1. The molecule has 1 aromatic carbocycles. The number of hydrogen-bond donors (Lipinski definition) is 0. The Kier molecular flexibility index (Phi) is 3.79. The molecule has 104 valence electrons. The zero-order valence-corrected chi connectivity index (χ0v) is 12.1. The lowest BCUT2D eigenvalue weighted by Crippen LogP contribution is -1.91. The summed E-state index contributed by atoms with van der Waals surface area (Å²) in [5, 5.41) is 0.586. The largest absolute Gasteiger partial charge is 0.456 e. The van der Waals surface area contributed by atoms with E-state index in [1.165, 1.54) is 0 Å². The van der Waals surface area contributed by atoms with Gasteiger partial charge in [0.15, 0.2) is 0 Å². The quantitative estimate of drug-likeness (QED) is 0.723. The number of pyridine rings is 1. The molecule has 0 spiro atoms. The zero-order valence-electron chi connectivity index (χ0n) is 11.3. The summed E-state index contributed by atoms with van der Waals surface area (Å²) in [5.74, 6) is 2.01. The number of nitrogens with zero attached hydrogens (tertiary/aromatic N) is 3. The molecule has 3 aromatic rings. The van der Waals surface area contributed by atoms with E-state index in [2.05, 4.69) is 15.0 Å². The van der Waals surface area contributed by atoms with Crippen molar-refractivity contribution in [1.82, 2.24) is 15.0 Å². The highest BCUT2D eigenvalue weighted by Crippen LogP contribution is 2.30. The lowest BCUT2D eigenvalue weighted by Gasteiger charge is -2.08. The Labute approximate surface area is 127 Å². The number of halogens is 1. The fourth-order valence-corrected chi connectivity index (χ4v) is 2.16. The van der Waals surface area contributed by atoms with Gasteiger partial charge in [-0.2, -0.15) is 0 Å². The molecule has 0 aliphatic heterocycles. The summed E-state index contributed by atoms with van der Waals surface area (Å²) >= 11 is 6.17. The minimum atomic E-state index is 0.586. The van der Waals surface area contributed by atoms with Crippen molar-refractivity contribution in [2.24, 2.45) is 0 Å². The summed E-state index contributed by atoms with van der Waals surface area (Å²) < 4.78 is 5.76. The Hall–Kier alpha value is -2.46. The van der Waals surface area contributed by atoms with E-state index in [1.54, 1.807) is 24.7 Å². The van der Waals surface area contributed by atoms with E-state index >= 15 is 0 Å². The average Bonchev–Trinajstić information content (AvgIpc) is 2.48. The topological polar surface area (TPSA) is 47.9 Å². The molecule has 0 atom stereocenters. The van der Waals surface area contributed by atoms with Gasteiger partial charge in [-0.15, -0.1) is 0 Å². The highest BCUT2D eigenvalue weighted by molar-refractivity contribution is 6.31. The first kappa shape index (κ1) is 13.5. The van der Waals surface area contributed by atoms with Gasteiger partial charge in [0.05, 0.1) is 11.9 Å². The summed E-state index contributed by atoms with van der Waals surface area (Å²) in [7, 11) is 0. The zero-order chi connectivity index (χ0) is 14.7. The molecule has 0 bridgehead atoms. The number of rotatable bonds is 3. The van der Waals surface area contributed by atoms with E-state index in [-0.39, 0.29) is 0 Å². The summed E-state index contributed by atoms with van der Waals surface area (Å²) in [5.41, 5.74) is 1.69. The normalized spacial score (nSPS) is 10.4. The summed E-state index contributed by atoms with van der Waals surface area (Å²) in [6.45, 7) is 1.85. The van der Waals surface area contributed by atoms with Gasteiger partial charge in [-0.25, -0.2) is 9.97 Å². The third-order valence-electron chi connectivity index (χ3n) is 2.81. The van der Waals surface area contributed by atoms with Crippen LogP contribution in [0.4, 0.5) is 0 Å². The van der Waals surface area contributed by atoms with E-state index in [1.807, 2.05) is 37.3 Å². The highest BCUT2D eigenvalue weighted by atomic mass is 35.5. The molecule has 2 heterocycles. The van der Waals surface area contributed by atoms with Gasteiger partial charge in [0.1, 0.15) is 17.3 Å². The molecule has 0 fully saturated rings. The minimum Gasteiger partial charge on any atom is -0.456 e. The lowest BCUT2D eigenvalue weighted by molar-refractivity contribution is 0.480. The number of aryl methyl sites for hydroxylation is 1. The lowest BCUT2D eigenvalue weighted by atomic mass is 10.1.